The minimum Gasteiger partial charge on any atom is -0.461 e. The largest absolute Gasteiger partial charge is 0.461 e. The maximum absolute atomic E-state index is 11.3. The van der Waals surface area contributed by atoms with Crippen LogP contribution in [0.4, 0.5) is 5.95 Å². The Labute approximate surface area is 93.0 Å². The van der Waals surface area contributed by atoms with Gasteiger partial charge in [-0.25, -0.2) is 14.8 Å². The monoisotopic (exact) mass is 229 g/mol. The van der Waals surface area contributed by atoms with Gasteiger partial charge in [-0.3, -0.25) is 0 Å². The first kappa shape index (κ1) is 11.7. The predicted molar refractivity (Wildman–Crippen MR) is 57.1 cm³/mol. The van der Waals surface area contributed by atoms with Gasteiger partial charge in [0.15, 0.2) is 5.69 Å². The molecule has 0 saturated carbocycles. The van der Waals surface area contributed by atoms with Crippen LogP contribution in [-0.2, 0) is 4.74 Å². The lowest BCUT2D eigenvalue weighted by atomic mass is 10.4. The molecule has 0 fully saturated rings. The van der Waals surface area contributed by atoms with Crippen molar-refractivity contribution < 1.29 is 9.53 Å². The van der Waals surface area contributed by atoms with Crippen LogP contribution in [0.5, 0.6) is 0 Å². The zero-order valence-corrected chi connectivity index (χ0v) is 9.36. The van der Waals surface area contributed by atoms with Gasteiger partial charge in [-0.15, -0.1) is 11.6 Å². The van der Waals surface area contributed by atoms with Crippen LogP contribution in [0.3, 0.4) is 0 Å². The third-order valence-electron chi connectivity index (χ3n) is 1.65. The molecule has 0 spiro atoms. The molecule has 0 saturated heterocycles. The van der Waals surface area contributed by atoms with Gasteiger partial charge in [0.2, 0.25) is 5.95 Å². The van der Waals surface area contributed by atoms with Gasteiger partial charge in [-0.05, 0) is 13.0 Å². The highest BCUT2D eigenvalue weighted by molar-refractivity contribution is 6.18. The van der Waals surface area contributed by atoms with Crippen molar-refractivity contribution in [3.8, 4) is 0 Å². The summed E-state index contributed by atoms with van der Waals surface area (Å²) in [7, 11) is 1.73. The summed E-state index contributed by atoms with van der Waals surface area (Å²) in [4.78, 5) is 21.0. The van der Waals surface area contributed by atoms with E-state index in [1.165, 1.54) is 12.3 Å². The van der Waals surface area contributed by atoms with E-state index in [9.17, 15) is 4.79 Å². The summed E-state index contributed by atoms with van der Waals surface area (Å²) in [5.74, 6) is -0.0559. The van der Waals surface area contributed by atoms with Crippen molar-refractivity contribution in [1.82, 2.24) is 9.97 Å². The molecule has 5 nitrogen and oxygen atoms in total. The number of hydrogen-bond acceptors (Lipinski definition) is 5. The number of halogens is 1. The average molecular weight is 230 g/mol. The number of aromatic nitrogens is 2. The van der Waals surface area contributed by atoms with Crippen molar-refractivity contribution in [1.29, 1.82) is 0 Å². The van der Waals surface area contributed by atoms with E-state index in [0.717, 1.165) is 0 Å². The van der Waals surface area contributed by atoms with Crippen molar-refractivity contribution in [2.45, 2.75) is 6.92 Å². The molecule has 0 N–H and O–H groups in total. The second-order valence-electron chi connectivity index (χ2n) is 2.78. The van der Waals surface area contributed by atoms with Gasteiger partial charge < -0.3 is 9.64 Å². The van der Waals surface area contributed by atoms with Gasteiger partial charge >= 0.3 is 5.97 Å². The molecule has 0 aromatic carbocycles. The van der Waals surface area contributed by atoms with Gasteiger partial charge in [0.25, 0.3) is 0 Å². The normalized spacial score (nSPS) is 9.80. The maximum Gasteiger partial charge on any atom is 0.357 e. The Morgan fingerprint density at radius 3 is 3.00 bits per heavy atom. The van der Waals surface area contributed by atoms with Crippen molar-refractivity contribution in [3.63, 3.8) is 0 Å². The predicted octanol–water partition coefficient (Wildman–Crippen LogP) is 1.29. The molecule has 0 aliphatic rings. The van der Waals surface area contributed by atoms with Crippen LogP contribution in [0.1, 0.15) is 17.4 Å². The Bertz CT molecular complexity index is 346. The van der Waals surface area contributed by atoms with E-state index in [1.54, 1.807) is 18.9 Å². The highest BCUT2D eigenvalue weighted by Crippen LogP contribution is 2.06. The quantitative estimate of drug-likeness (QED) is 0.442. The Kier molecular flexibility index (Phi) is 4.30. The number of nitrogens with zero attached hydrogens (tertiary/aromatic N) is 3. The Morgan fingerprint density at radius 2 is 2.40 bits per heavy atom. The number of ether oxygens (including phenoxy) is 1. The molecular formula is C9H12ClN3O2. The van der Waals surface area contributed by atoms with Crippen LogP contribution < -0.4 is 4.90 Å². The van der Waals surface area contributed by atoms with Gasteiger partial charge in [0.1, 0.15) is 0 Å². The molecule has 0 aliphatic heterocycles. The van der Waals surface area contributed by atoms with E-state index in [-0.39, 0.29) is 11.7 Å². The molecule has 1 rings (SSSR count). The van der Waals surface area contributed by atoms with Crippen molar-refractivity contribution in [2.75, 3.05) is 24.6 Å². The third kappa shape index (κ3) is 3.06. The fourth-order valence-electron chi connectivity index (χ4n) is 0.904. The van der Waals surface area contributed by atoms with Gasteiger partial charge in [-0.1, -0.05) is 0 Å². The standard InChI is InChI=1S/C9H12ClN3O2/c1-3-15-8(14)7-4-5-11-9(12-7)13(2)6-10/h4-5H,3,6H2,1-2H3. The average Bonchev–Trinajstić information content (AvgIpc) is 2.28. The minimum atomic E-state index is -0.455. The molecule has 82 valence electrons. The SMILES string of the molecule is CCOC(=O)c1ccnc(N(C)CCl)n1. The molecule has 1 aromatic rings. The topological polar surface area (TPSA) is 55.3 Å². The number of rotatable bonds is 4. The Balaban J connectivity index is 2.87. The van der Waals surface area contributed by atoms with Crippen LogP contribution in [0.25, 0.3) is 0 Å². The molecule has 0 bridgehead atoms. The fraction of sp³-hybridized carbons (Fsp3) is 0.444. The summed E-state index contributed by atoms with van der Waals surface area (Å²) >= 11 is 5.61. The fourth-order valence-corrected chi connectivity index (χ4v) is 1.01. The van der Waals surface area contributed by atoms with Crippen molar-refractivity contribution in [3.05, 3.63) is 18.0 Å². The number of esters is 1. The lowest BCUT2D eigenvalue weighted by Crippen LogP contribution is -2.19. The highest BCUT2D eigenvalue weighted by Gasteiger charge is 2.10. The van der Waals surface area contributed by atoms with Crippen molar-refractivity contribution in [2.24, 2.45) is 0 Å². The van der Waals surface area contributed by atoms with E-state index in [1.807, 2.05) is 0 Å². The van der Waals surface area contributed by atoms with E-state index >= 15 is 0 Å². The maximum atomic E-state index is 11.3. The molecule has 0 aliphatic carbocycles. The van der Waals surface area contributed by atoms with Crippen LogP contribution in [0, 0.1) is 0 Å². The molecule has 0 radical (unpaired) electrons. The van der Waals surface area contributed by atoms with E-state index in [2.05, 4.69) is 9.97 Å². The summed E-state index contributed by atoms with van der Waals surface area (Å²) in [6.07, 6.45) is 1.50. The molecule has 0 amide bonds. The van der Waals surface area contributed by atoms with Crippen LogP contribution in [-0.4, -0.2) is 35.6 Å². The van der Waals surface area contributed by atoms with Crippen LogP contribution in [0.15, 0.2) is 12.3 Å². The third-order valence-corrected chi connectivity index (χ3v) is 2.01. The Morgan fingerprint density at radius 1 is 1.67 bits per heavy atom. The summed E-state index contributed by atoms with van der Waals surface area (Å²) in [6.45, 7) is 2.06. The van der Waals surface area contributed by atoms with Crippen molar-refractivity contribution >= 4 is 23.5 Å². The second kappa shape index (κ2) is 5.50. The molecule has 6 heteroatoms. The molecular weight excluding hydrogens is 218 g/mol. The summed E-state index contributed by atoms with van der Waals surface area (Å²) in [5, 5.41) is 0. The number of anilines is 1. The first-order chi connectivity index (χ1) is 7.19. The first-order valence-corrected chi connectivity index (χ1v) is 4.99. The zero-order valence-electron chi connectivity index (χ0n) is 8.61. The second-order valence-corrected chi connectivity index (χ2v) is 3.02. The van der Waals surface area contributed by atoms with E-state index < -0.39 is 5.97 Å². The van der Waals surface area contributed by atoms with Crippen LogP contribution >= 0.6 is 11.6 Å². The number of alkyl halides is 1. The minimum absolute atomic E-state index is 0.235. The summed E-state index contributed by atoms with van der Waals surface area (Å²) in [5.41, 5.74) is 0.235. The molecule has 15 heavy (non-hydrogen) atoms. The summed E-state index contributed by atoms with van der Waals surface area (Å²) in [6, 6.07) is 1.76. The van der Waals surface area contributed by atoms with Crippen LogP contribution in [0.2, 0.25) is 0 Å². The molecule has 1 heterocycles. The lowest BCUT2D eigenvalue weighted by Gasteiger charge is -2.12. The Hall–Kier alpha value is -1.36. The van der Waals surface area contributed by atoms with E-state index in [4.69, 9.17) is 16.3 Å². The highest BCUT2D eigenvalue weighted by atomic mass is 35.5. The number of hydrogen-bond donors (Lipinski definition) is 0. The smallest absolute Gasteiger partial charge is 0.357 e. The first-order valence-electron chi connectivity index (χ1n) is 4.46. The van der Waals surface area contributed by atoms with Gasteiger partial charge in [0.05, 0.1) is 12.6 Å². The molecule has 1 aromatic heterocycles. The summed E-state index contributed by atoms with van der Waals surface area (Å²) < 4.78 is 4.82. The van der Waals surface area contributed by atoms with Gasteiger partial charge in [0, 0.05) is 13.2 Å². The lowest BCUT2D eigenvalue weighted by molar-refractivity contribution is 0.0519. The molecule has 0 unspecified atom stereocenters. The number of carbonyl (C=O) groups is 1. The van der Waals surface area contributed by atoms with E-state index in [0.29, 0.717) is 12.6 Å². The molecule has 0 atom stereocenters. The number of carbonyl (C=O) groups excluding carboxylic acids is 1. The zero-order chi connectivity index (χ0) is 11.3. The van der Waals surface area contributed by atoms with Gasteiger partial charge in [-0.2, -0.15) is 0 Å².